The first-order chi connectivity index (χ1) is 5.27. The van der Waals surface area contributed by atoms with Gasteiger partial charge in [0.1, 0.15) is 0 Å². The van der Waals surface area contributed by atoms with E-state index in [0.29, 0.717) is 0 Å². The van der Waals surface area contributed by atoms with E-state index in [9.17, 15) is 0 Å². The van der Waals surface area contributed by atoms with Crippen LogP contribution in [0.25, 0.3) is 10.9 Å². The van der Waals surface area contributed by atoms with Gasteiger partial charge < -0.3 is 4.98 Å². The number of aromatic amines is 1. The number of halogens is 1. The van der Waals surface area contributed by atoms with Gasteiger partial charge in [-0.2, -0.15) is 0 Å². The summed E-state index contributed by atoms with van der Waals surface area (Å²) < 4.78 is 1.08. The van der Waals surface area contributed by atoms with Gasteiger partial charge in [-0.1, -0.05) is 22.0 Å². The van der Waals surface area contributed by atoms with Crippen LogP contribution in [0, 0.1) is 0 Å². The Morgan fingerprint density at radius 3 is 3.00 bits per heavy atom. The third kappa shape index (κ3) is 1.19. The van der Waals surface area contributed by atoms with Gasteiger partial charge in [0.2, 0.25) is 0 Å². The minimum atomic E-state index is 0.993. The largest absolute Gasteiger partial charge is 0.360 e. The highest BCUT2D eigenvalue weighted by Gasteiger charge is 1.98. The normalized spacial score (nSPS) is 10.7. The molecule has 0 bridgehead atoms. The molecule has 0 aliphatic rings. The Morgan fingerprint density at radius 1 is 1.36 bits per heavy atom. The number of nitrogens with one attached hydrogen (secondary N) is 1. The maximum absolute atomic E-state index is 4.29. The molecule has 0 aliphatic carbocycles. The van der Waals surface area contributed by atoms with Crippen molar-refractivity contribution in [1.29, 1.82) is 0 Å². The van der Waals surface area contributed by atoms with E-state index in [-0.39, 0.29) is 0 Å². The molecule has 0 atom stereocenters. The standard InChI is InChI=1S/C8H6BrNS/c9-5-1-2-6-7(3-5)10-4-8(6)11/h1-4,10-11H. The van der Waals surface area contributed by atoms with Crippen LogP contribution in [-0.4, -0.2) is 4.98 Å². The van der Waals surface area contributed by atoms with Crippen LogP contribution < -0.4 is 0 Å². The van der Waals surface area contributed by atoms with E-state index in [1.807, 2.05) is 24.4 Å². The van der Waals surface area contributed by atoms with Crippen LogP contribution in [0.5, 0.6) is 0 Å². The van der Waals surface area contributed by atoms with Crippen molar-refractivity contribution in [3.05, 3.63) is 28.9 Å². The summed E-state index contributed by atoms with van der Waals surface area (Å²) in [6, 6.07) is 6.09. The smallest absolute Gasteiger partial charge is 0.0476 e. The molecule has 1 aromatic carbocycles. The Hall–Kier alpha value is -0.410. The number of fused-ring (bicyclic) bond motifs is 1. The highest BCUT2D eigenvalue weighted by molar-refractivity contribution is 9.10. The third-order valence-electron chi connectivity index (χ3n) is 1.62. The molecule has 0 spiro atoms. The van der Waals surface area contributed by atoms with E-state index in [1.165, 1.54) is 0 Å². The van der Waals surface area contributed by atoms with Crippen LogP contribution in [0.2, 0.25) is 0 Å². The predicted molar refractivity (Wildman–Crippen MR) is 53.3 cm³/mol. The van der Waals surface area contributed by atoms with Gasteiger partial charge in [-0.25, -0.2) is 0 Å². The molecule has 0 amide bonds. The number of thiol groups is 1. The number of aromatic nitrogens is 1. The molecule has 2 aromatic rings. The van der Waals surface area contributed by atoms with Crippen LogP contribution in [0.1, 0.15) is 0 Å². The second-order valence-corrected chi connectivity index (χ2v) is 3.76. The number of H-pyrrole nitrogens is 1. The van der Waals surface area contributed by atoms with Gasteiger partial charge in [0.15, 0.2) is 0 Å². The van der Waals surface area contributed by atoms with Gasteiger partial charge in [0.05, 0.1) is 0 Å². The summed E-state index contributed by atoms with van der Waals surface area (Å²) in [4.78, 5) is 4.12. The van der Waals surface area contributed by atoms with E-state index in [0.717, 1.165) is 20.3 Å². The van der Waals surface area contributed by atoms with Crippen molar-refractivity contribution in [3.8, 4) is 0 Å². The molecule has 0 unspecified atom stereocenters. The van der Waals surface area contributed by atoms with Gasteiger partial charge in [0, 0.05) is 26.5 Å². The molecule has 0 fully saturated rings. The summed E-state index contributed by atoms with van der Waals surface area (Å²) in [5, 5.41) is 1.16. The van der Waals surface area contributed by atoms with Gasteiger partial charge in [-0.3, -0.25) is 0 Å². The molecule has 1 aromatic heterocycles. The maximum Gasteiger partial charge on any atom is 0.0476 e. The van der Waals surface area contributed by atoms with E-state index in [2.05, 4.69) is 33.5 Å². The van der Waals surface area contributed by atoms with Gasteiger partial charge >= 0.3 is 0 Å². The Kier molecular flexibility index (Phi) is 1.69. The van der Waals surface area contributed by atoms with Crippen molar-refractivity contribution in [2.75, 3.05) is 0 Å². The average molecular weight is 228 g/mol. The highest BCUT2D eigenvalue weighted by atomic mass is 79.9. The molecule has 3 heteroatoms. The van der Waals surface area contributed by atoms with E-state index < -0.39 is 0 Å². The lowest BCUT2D eigenvalue weighted by atomic mass is 10.2. The molecular formula is C8H6BrNS. The fraction of sp³-hybridized carbons (Fsp3) is 0. The van der Waals surface area contributed by atoms with Gasteiger partial charge in [-0.05, 0) is 12.1 Å². The Labute approximate surface area is 78.3 Å². The minimum absolute atomic E-state index is 0.993. The summed E-state index contributed by atoms with van der Waals surface area (Å²) in [6.45, 7) is 0. The number of hydrogen-bond acceptors (Lipinski definition) is 1. The number of benzene rings is 1. The Bertz CT molecular complexity index is 394. The summed E-state index contributed by atoms with van der Waals surface area (Å²) >= 11 is 7.69. The van der Waals surface area contributed by atoms with Gasteiger partial charge in [0.25, 0.3) is 0 Å². The van der Waals surface area contributed by atoms with Crippen LogP contribution >= 0.6 is 28.6 Å². The van der Waals surface area contributed by atoms with Crippen LogP contribution in [-0.2, 0) is 0 Å². The summed E-state index contributed by atoms with van der Waals surface area (Å²) in [5.74, 6) is 0. The molecule has 2 rings (SSSR count). The fourth-order valence-corrected chi connectivity index (χ4v) is 1.70. The van der Waals surface area contributed by atoms with Crippen molar-refractivity contribution >= 4 is 39.5 Å². The first-order valence-electron chi connectivity index (χ1n) is 3.23. The molecular weight excluding hydrogens is 222 g/mol. The topological polar surface area (TPSA) is 15.8 Å². The lowest BCUT2D eigenvalue weighted by molar-refractivity contribution is 1.42. The van der Waals surface area contributed by atoms with Crippen LogP contribution in [0.4, 0.5) is 0 Å². The third-order valence-corrected chi connectivity index (χ3v) is 2.49. The van der Waals surface area contributed by atoms with Crippen molar-refractivity contribution in [2.24, 2.45) is 0 Å². The fourth-order valence-electron chi connectivity index (χ4n) is 1.08. The minimum Gasteiger partial charge on any atom is -0.360 e. The van der Waals surface area contributed by atoms with Gasteiger partial charge in [-0.15, -0.1) is 12.6 Å². The van der Waals surface area contributed by atoms with Crippen molar-refractivity contribution in [3.63, 3.8) is 0 Å². The van der Waals surface area contributed by atoms with E-state index in [4.69, 9.17) is 0 Å². The first-order valence-corrected chi connectivity index (χ1v) is 4.47. The second kappa shape index (κ2) is 2.57. The predicted octanol–water partition coefficient (Wildman–Crippen LogP) is 3.22. The Balaban J connectivity index is 2.86. The molecule has 0 saturated carbocycles. The molecule has 0 aliphatic heterocycles. The van der Waals surface area contributed by atoms with Crippen LogP contribution in [0.3, 0.4) is 0 Å². The zero-order valence-corrected chi connectivity index (χ0v) is 8.12. The molecule has 0 radical (unpaired) electrons. The SMILES string of the molecule is Sc1c[nH]c2cc(Br)ccc12. The summed E-state index contributed by atoms with van der Waals surface area (Å²) in [7, 11) is 0. The lowest BCUT2D eigenvalue weighted by Crippen LogP contribution is -1.67. The molecule has 1 nitrogen and oxygen atoms in total. The number of rotatable bonds is 0. The summed E-state index contributed by atoms with van der Waals surface area (Å²) in [5.41, 5.74) is 1.12. The lowest BCUT2D eigenvalue weighted by Gasteiger charge is -1.90. The number of hydrogen-bond donors (Lipinski definition) is 2. The molecule has 1 heterocycles. The molecule has 1 N–H and O–H groups in total. The van der Waals surface area contributed by atoms with Crippen molar-refractivity contribution in [2.45, 2.75) is 4.90 Å². The quantitative estimate of drug-likeness (QED) is 0.644. The Morgan fingerprint density at radius 2 is 2.18 bits per heavy atom. The maximum atomic E-state index is 4.29. The van der Waals surface area contributed by atoms with Crippen LogP contribution in [0.15, 0.2) is 33.8 Å². The monoisotopic (exact) mass is 227 g/mol. The summed E-state index contributed by atoms with van der Waals surface area (Å²) in [6.07, 6.45) is 1.89. The zero-order valence-electron chi connectivity index (χ0n) is 5.63. The average Bonchev–Trinajstić information content (AvgIpc) is 2.32. The van der Waals surface area contributed by atoms with E-state index >= 15 is 0 Å². The second-order valence-electron chi connectivity index (χ2n) is 2.36. The molecule has 0 saturated heterocycles. The molecule has 56 valence electrons. The van der Waals surface area contributed by atoms with E-state index in [1.54, 1.807) is 0 Å². The molecule has 11 heavy (non-hydrogen) atoms. The first kappa shape index (κ1) is 7.25. The zero-order chi connectivity index (χ0) is 7.84. The van der Waals surface area contributed by atoms with Crippen molar-refractivity contribution < 1.29 is 0 Å². The van der Waals surface area contributed by atoms with Crippen molar-refractivity contribution in [1.82, 2.24) is 4.98 Å². The highest BCUT2D eigenvalue weighted by Crippen LogP contribution is 2.23.